The number of hydrogen-bond donors (Lipinski definition) is 0. The molecule has 32 heavy (non-hydrogen) atoms. The molecule has 1 aliphatic carbocycles. The van der Waals surface area contributed by atoms with Gasteiger partial charge in [-0.3, -0.25) is 0 Å². The number of allylic oxidation sites excluding steroid dienone is 4. The average Bonchev–Trinajstić information content (AvgIpc) is 3.02. The van der Waals surface area contributed by atoms with Crippen LogP contribution in [0.3, 0.4) is 0 Å². The standard InChI is InChI=1S/C29H32BNO/c1-28(2)21-30(32-29(28,3)4)23-17-19-25(20-18-23)31(24-13-6-5-7-14-24)27-16-10-12-22-11-8-9-15-26(22)27/h5-17,19H,18,20-21H2,1-4H3. The van der Waals surface area contributed by atoms with Crippen LogP contribution in [0.25, 0.3) is 10.8 Å². The van der Waals surface area contributed by atoms with Crippen LogP contribution in [-0.2, 0) is 4.65 Å². The summed E-state index contributed by atoms with van der Waals surface area (Å²) in [6.45, 7) is 9.34. The van der Waals surface area contributed by atoms with Gasteiger partial charge in [-0.1, -0.05) is 80.0 Å². The van der Waals surface area contributed by atoms with Crippen molar-refractivity contribution in [2.45, 2.75) is 52.5 Å². The average molecular weight is 421 g/mol. The third-order valence-corrected chi connectivity index (χ3v) is 7.64. The van der Waals surface area contributed by atoms with E-state index in [4.69, 9.17) is 4.65 Å². The molecule has 0 aromatic heterocycles. The number of hydrogen-bond acceptors (Lipinski definition) is 2. The van der Waals surface area contributed by atoms with Crippen molar-refractivity contribution in [3.05, 3.63) is 96.1 Å². The molecule has 1 heterocycles. The number of anilines is 2. The molecule has 1 fully saturated rings. The summed E-state index contributed by atoms with van der Waals surface area (Å²) in [6, 6.07) is 26.0. The number of benzene rings is 3. The molecule has 3 aromatic rings. The predicted octanol–water partition coefficient (Wildman–Crippen LogP) is 7.95. The Balaban J connectivity index is 1.54. The summed E-state index contributed by atoms with van der Waals surface area (Å²) in [5.74, 6) is 0. The second-order valence-corrected chi connectivity index (χ2v) is 10.3. The first-order valence-corrected chi connectivity index (χ1v) is 11.8. The Labute approximate surface area is 192 Å². The van der Waals surface area contributed by atoms with Crippen molar-refractivity contribution in [1.29, 1.82) is 0 Å². The van der Waals surface area contributed by atoms with Crippen molar-refractivity contribution in [3.8, 4) is 0 Å². The molecule has 3 heteroatoms. The molecule has 2 nitrogen and oxygen atoms in total. The molecule has 0 radical (unpaired) electrons. The maximum Gasteiger partial charge on any atom is 0.323 e. The highest BCUT2D eigenvalue weighted by atomic mass is 16.5. The molecule has 162 valence electrons. The highest BCUT2D eigenvalue weighted by Crippen LogP contribution is 2.48. The topological polar surface area (TPSA) is 12.5 Å². The van der Waals surface area contributed by atoms with Crippen molar-refractivity contribution in [2.24, 2.45) is 5.41 Å². The van der Waals surface area contributed by atoms with Crippen molar-refractivity contribution in [1.82, 2.24) is 0 Å². The van der Waals surface area contributed by atoms with E-state index in [1.807, 2.05) is 0 Å². The van der Waals surface area contributed by atoms with E-state index in [0.717, 1.165) is 19.2 Å². The predicted molar refractivity (Wildman–Crippen MR) is 137 cm³/mol. The normalized spacial score (nSPS) is 19.6. The molecular weight excluding hydrogens is 389 g/mol. The van der Waals surface area contributed by atoms with E-state index in [1.165, 1.54) is 33.3 Å². The number of para-hydroxylation sites is 1. The second kappa shape index (κ2) is 7.97. The van der Waals surface area contributed by atoms with E-state index in [-0.39, 0.29) is 17.9 Å². The van der Waals surface area contributed by atoms with Gasteiger partial charge in [0.05, 0.1) is 11.3 Å². The Kier molecular flexibility index (Phi) is 5.25. The van der Waals surface area contributed by atoms with Crippen LogP contribution in [0.2, 0.25) is 6.32 Å². The highest BCUT2D eigenvalue weighted by molar-refractivity contribution is 6.61. The summed E-state index contributed by atoms with van der Waals surface area (Å²) >= 11 is 0. The molecule has 1 saturated heterocycles. The third kappa shape index (κ3) is 3.69. The highest BCUT2D eigenvalue weighted by Gasteiger charge is 2.50. The first-order chi connectivity index (χ1) is 15.4. The Hall–Kier alpha value is -2.78. The fraction of sp³-hybridized carbons (Fsp3) is 0.310. The summed E-state index contributed by atoms with van der Waals surface area (Å²) < 4.78 is 6.52. The van der Waals surface area contributed by atoms with Crippen LogP contribution in [0.5, 0.6) is 0 Å². The van der Waals surface area contributed by atoms with Crippen LogP contribution in [0.15, 0.2) is 96.1 Å². The molecule has 3 aromatic carbocycles. The van der Waals surface area contributed by atoms with Gasteiger partial charge in [0, 0.05) is 16.8 Å². The van der Waals surface area contributed by atoms with Gasteiger partial charge < -0.3 is 9.55 Å². The van der Waals surface area contributed by atoms with Crippen molar-refractivity contribution >= 4 is 29.1 Å². The van der Waals surface area contributed by atoms with E-state index in [1.54, 1.807) is 0 Å². The maximum absolute atomic E-state index is 6.52. The lowest BCUT2D eigenvalue weighted by molar-refractivity contribution is 0.0369. The minimum Gasteiger partial charge on any atom is -0.426 e. The molecule has 0 spiro atoms. The van der Waals surface area contributed by atoms with E-state index in [2.05, 4.69) is 118 Å². The van der Waals surface area contributed by atoms with Crippen molar-refractivity contribution in [3.63, 3.8) is 0 Å². The molecular formula is C29H32BNO. The zero-order valence-corrected chi connectivity index (χ0v) is 19.6. The molecule has 0 N–H and O–H groups in total. The van der Waals surface area contributed by atoms with Gasteiger partial charge in [0.1, 0.15) is 0 Å². The molecule has 2 aliphatic rings. The Morgan fingerprint density at radius 1 is 0.781 bits per heavy atom. The number of fused-ring (bicyclic) bond motifs is 1. The Morgan fingerprint density at radius 2 is 1.50 bits per heavy atom. The van der Waals surface area contributed by atoms with E-state index >= 15 is 0 Å². The van der Waals surface area contributed by atoms with Crippen LogP contribution < -0.4 is 4.90 Å². The van der Waals surface area contributed by atoms with E-state index in [9.17, 15) is 0 Å². The van der Waals surface area contributed by atoms with Crippen LogP contribution in [0.1, 0.15) is 40.5 Å². The number of rotatable bonds is 4. The van der Waals surface area contributed by atoms with Gasteiger partial charge in [0.15, 0.2) is 0 Å². The number of nitrogens with zero attached hydrogens (tertiary/aromatic N) is 1. The van der Waals surface area contributed by atoms with Crippen LogP contribution in [0.4, 0.5) is 11.4 Å². The first-order valence-electron chi connectivity index (χ1n) is 11.8. The smallest absolute Gasteiger partial charge is 0.323 e. The lowest BCUT2D eigenvalue weighted by Gasteiger charge is -2.34. The summed E-state index contributed by atoms with van der Waals surface area (Å²) in [5.41, 5.74) is 5.28. The summed E-state index contributed by atoms with van der Waals surface area (Å²) in [4.78, 5) is 2.43. The zero-order chi connectivity index (χ0) is 22.3. The van der Waals surface area contributed by atoms with Gasteiger partial charge >= 0.3 is 6.92 Å². The fourth-order valence-corrected chi connectivity index (χ4v) is 5.01. The van der Waals surface area contributed by atoms with Gasteiger partial charge in [-0.15, -0.1) is 0 Å². The monoisotopic (exact) mass is 421 g/mol. The molecule has 1 aliphatic heterocycles. The lowest BCUT2D eigenvalue weighted by Crippen LogP contribution is -2.34. The molecule has 0 atom stereocenters. The lowest BCUT2D eigenvalue weighted by atomic mass is 9.52. The van der Waals surface area contributed by atoms with Crippen LogP contribution in [0, 0.1) is 5.41 Å². The fourth-order valence-electron chi connectivity index (χ4n) is 5.01. The molecule has 0 saturated carbocycles. The first kappa shape index (κ1) is 21.1. The molecule has 0 bridgehead atoms. The van der Waals surface area contributed by atoms with Gasteiger partial charge in [-0.2, -0.15) is 0 Å². The van der Waals surface area contributed by atoms with Gasteiger partial charge in [0.2, 0.25) is 0 Å². The SMILES string of the molecule is CC1(C)CB(C2=CC=C(N(c3ccccc3)c3cccc4ccccc34)CC2)OC1(C)C. The quantitative estimate of drug-likeness (QED) is 0.396. The minimum atomic E-state index is -0.0957. The maximum atomic E-state index is 6.52. The van der Waals surface area contributed by atoms with Crippen molar-refractivity contribution in [2.75, 3.05) is 4.90 Å². The van der Waals surface area contributed by atoms with Gasteiger partial charge in [-0.25, -0.2) is 0 Å². The van der Waals surface area contributed by atoms with E-state index < -0.39 is 0 Å². The summed E-state index contributed by atoms with van der Waals surface area (Å²) in [5, 5.41) is 2.54. The zero-order valence-electron chi connectivity index (χ0n) is 19.6. The van der Waals surface area contributed by atoms with E-state index in [0.29, 0.717) is 0 Å². The molecule has 0 unspecified atom stereocenters. The summed E-state index contributed by atoms with van der Waals surface area (Å²) in [7, 11) is 0. The van der Waals surface area contributed by atoms with Crippen LogP contribution in [-0.4, -0.2) is 12.5 Å². The third-order valence-electron chi connectivity index (χ3n) is 7.64. The molecule has 0 amide bonds. The van der Waals surface area contributed by atoms with Gasteiger partial charge in [0.25, 0.3) is 0 Å². The minimum absolute atomic E-state index is 0.0957. The largest absolute Gasteiger partial charge is 0.426 e. The summed E-state index contributed by atoms with van der Waals surface area (Å²) in [6.07, 6.45) is 7.76. The Morgan fingerprint density at radius 3 is 2.19 bits per heavy atom. The second-order valence-electron chi connectivity index (χ2n) is 10.3. The van der Waals surface area contributed by atoms with Gasteiger partial charge in [-0.05, 0) is 68.1 Å². The van der Waals surface area contributed by atoms with Crippen molar-refractivity contribution < 1.29 is 4.65 Å². The van der Waals surface area contributed by atoms with Crippen LogP contribution >= 0.6 is 0 Å². The Bertz CT molecular complexity index is 1170. The molecule has 5 rings (SSSR count).